The molecule has 0 aromatic heterocycles. The SMILES string of the molecule is CCCCCC[C@H](CCCCC[C@@H](O)C(N)=O)OC(=O)[C@@H]1CC=CN1C(=O)c1c(O)cccc1O. The number of phenols is 2. The molecule has 3 atom stereocenters. The van der Waals surface area contributed by atoms with Gasteiger partial charge >= 0.3 is 5.97 Å². The van der Waals surface area contributed by atoms with Crippen LogP contribution in [0.5, 0.6) is 11.5 Å². The first-order chi connectivity index (χ1) is 16.8. The average molecular weight is 491 g/mol. The number of primary amides is 1. The quantitative estimate of drug-likeness (QED) is 0.217. The Morgan fingerprint density at radius 3 is 2.23 bits per heavy atom. The summed E-state index contributed by atoms with van der Waals surface area (Å²) in [5.74, 6) is -2.66. The number of hydrogen-bond acceptors (Lipinski definition) is 7. The molecule has 1 heterocycles. The smallest absolute Gasteiger partial charge is 0.329 e. The Morgan fingerprint density at radius 2 is 1.63 bits per heavy atom. The van der Waals surface area contributed by atoms with E-state index in [1.165, 1.54) is 29.3 Å². The fraction of sp³-hybridized carbons (Fsp3) is 0.577. The predicted molar refractivity (Wildman–Crippen MR) is 130 cm³/mol. The molecular weight excluding hydrogens is 452 g/mol. The van der Waals surface area contributed by atoms with Crippen molar-refractivity contribution in [3.8, 4) is 11.5 Å². The predicted octanol–water partition coefficient (Wildman–Crippen LogP) is 3.50. The molecule has 2 amide bonds. The molecule has 1 aromatic rings. The first kappa shape index (κ1) is 28.2. The van der Waals surface area contributed by atoms with Crippen LogP contribution >= 0.6 is 0 Å². The molecule has 9 nitrogen and oxygen atoms in total. The van der Waals surface area contributed by atoms with Crippen molar-refractivity contribution >= 4 is 17.8 Å². The molecule has 0 aliphatic carbocycles. The number of carbonyl (C=O) groups is 3. The number of phenolic OH excluding ortho intramolecular Hbond substituents is 2. The fourth-order valence-corrected chi connectivity index (χ4v) is 4.15. The summed E-state index contributed by atoms with van der Waals surface area (Å²) in [5, 5.41) is 29.6. The molecule has 1 aromatic carbocycles. The van der Waals surface area contributed by atoms with Crippen molar-refractivity contribution in [2.75, 3.05) is 0 Å². The van der Waals surface area contributed by atoms with Crippen LogP contribution in [0.1, 0.15) is 87.9 Å². The highest BCUT2D eigenvalue weighted by atomic mass is 16.5. The van der Waals surface area contributed by atoms with E-state index in [0.29, 0.717) is 25.7 Å². The molecule has 2 rings (SSSR count). The van der Waals surface area contributed by atoms with Crippen LogP contribution in [0.4, 0.5) is 0 Å². The lowest BCUT2D eigenvalue weighted by Crippen LogP contribution is -2.41. The van der Waals surface area contributed by atoms with E-state index in [9.17, 15) is 29.7 Å². The number of aromatic hydroxyl groups is 2. The topological polar surface area (TPSA) is 150 Å². The number of esters is 1. The molecule has 9 heteroatoms. The highest BCUT2D eigenvalue weighted by molar-refractivity contribution is 6.02. The van der Waals surface area contributed by atoms with Crippen molar-refractivity contribution in [2.24, 2.45) is 5.73 Å². The van der Waals surface area contributed by atoms with Gasteiger partial charge in [0.25, 0.3) is 5.91 Å². The number of aliphatic hydroxyl groups excluding tert-OH is 1. The number of unbranched alkanes of at least 4 members (excludes halogenated alkanes) is 5. The van der Waals surface area contributed by atoms with Crippen LogP contribution in [0.25, 0.3) is 0 Å². The third-order valence-corrected chi connectivity index (χ3v) is 6.20. The standard InChI is InChI=1S/C26H38N2O7/c1-2-3-4-6-11-18(12-7-5-8-14-22(31)24(27)32)35-26(34)19-13-10-17-28(19)25(33)23-20(29)15-9-16-21(23)30/h9-10,15-19,22,29-31H,2-8,11-14H2,1H3,(H2,27,32)/t18-,19+,22-/m1/s1. The van der Waals surface area contributed by atoms with Gasteiger partial charge in [0, 0.05) is 6.20 Å². The van der Waals surface area contributed by atoms with Crippen LogP contribution in [0.15, 0.2) is 30.5 Å². The Morgan fingerprint density at radius 1 is 1.03 bits per heavy atom. The summed E-state index contributed by atoms with van der Waals surface area (Å²) in [7, 11) is 0. The number of rotatable bonds is 15. The van der Waals surface area contributed by atoms with Crippen molar-refractivity contribution in [2.45, 2.75) is 95.8 Å². The summed E-state index contributed by atoms with van der Waals surface area (Å²) < 4.78 is 5.84. The van der Waals surface area contributed by atoms with Gasteiger partial charge in [-0.3, -0.25) is 9.59 Å². The Hall–Kier alpha value is -3.07. The molecule has 35 heavy (non-hydrogen) atoms. The fourth-order valence-electron chi connectivity index (χ4n) is 4.15. The van der Waals surface area contributed by atoms with E-state index in [0.717, 1.165) is 38.5 Å². The molecule has 0 fully saturated rings. The van der Waals surface area contributed by atoms with E-state index >= 15 is 0 Å². The summed E-state index contributed by atoms with van der Waals surface area (Å²) in [6.07, 6.45) is 9.96. The Bertz CT molecular complexity index is 866. The minimum Gasteiger partial charge on any atom is -0.507 e. The minimum atomic E-state index is -1.14. The third kappa shape index (κ3) is 8.58. The number of nitrogens with zero attached hydrogens (tertiary/aromatic N) is 1. The summed E-state index contributed by atoms with van der Waals surface area (Å²) >= 11 is 0. The lowest BCUT2D eigenvalue weighted by Gasteiger charge is -2.26. The van der Waals surface area contributed by atoms with Crippen molar-refractivity contribution in [3.05, 3.63) is 36.0 Å². The van der Waals surface area contributed by atoms with Crippen molar-refractivity contribution < 1.29 is 34.4 Å². The maximum atomic E-state index is 13.0. The Balaban J connectivity index is 1.97. The van der Waals surface area contributed by atoms with Crippen LogP contribution in [-0.4, -0.2) is 56.3 Å². The zero-order valence-corrected chi connectivity index (χ0v) is 20.4. The lowest BCUT2D eigenvalue weighted by molar-refractivity contribution is -0.154. The Kier molecular flexibility index (Phi) is 11.6. The second-order valence-corrected chi connectivity index (χ2v) is 8.98. The van der Waals surface area contributed by atoms with Crippen molar-refractivity contribution in [1.29, 1.82) is 0 Å². The first-order valence-electron chi connectivity index (χ1n) is 12.4. The van der Waals surface area contributed by atoms with Crippen molar-refractivity contribution in [1.82, 2.24) is 4.90 Å². The molecule has 0 bridgehead atoms. The minimum absolute atomic E-state index is 0.258. The second kappa shape index (κ2) is 14.4. The van der Waals surface area contributed by atoms with Gasteiger partial charge in [-0.2, -0.15) is 0 Å². The second-order valence-electron chi connectivity index (χ2n) is 8.98. The zero-order valence-electron chi connectivity index (χ0n) is 20.4. The maximum absolute atomic E-state index is 13.0. The van der Waals surface area contributed by atoms with Crippen LogP contribution in [0.3, 0.4) is 0 Å². The van der Waals surface area contributed by atoms with Gasteiger partial charge in [0.15, 0.2) is 0 Å². The molecule has 1 aliphatic rings. The van der Waals surface area contributed by atoms with E-state index < -0.39 is 29.9 Å². The maximum Gasteiger partial charge on any atom is 0.329 e. The van der Waals surface area contributed by atoms with Crippen LogP contribution in [-0.2, 0) is 14.3 Å². The van der Waals surface area contributed by atoms with Gasteiger partial charge in [0.1, 0.15) is 35.3 Å². The summed E-state index contributed by atoms with van der Waals surface area (Å²) in [6.45, 7) is 2.12. The molecule has 5 N–H and O–H groups in total. The van der Waals surface area contributed by atoms with E-state index in [-0.39, 0.29) is 29.6 Å². The Labute approximate surface area is 206 Å². The van der Waals surface area contributed by atoms with E-state index in [1.54, 1.807) is 6.08 Å². The third-order valence-electron chi connectivity index (χ3n) is 6.20. The van der Waals surface area contributed by atoms with Gasteiger partial charge in [-0.15, -0.1) is 0 Å². The lowest BCUT2D eigenvalue weighted by atomic mass is 10.0. The molecule has 0 saturated carbocycles. The van der Waals surface area contributed by atoms with E-state index in [1.807, 2.05) is 0 Å². The molecule has 0 spiro atoms. The van der Waals surface area contributed by atoms with Gasteiger partial charge in [0.2, 0.25) is 5.91 Å². The first-order valence-corrected chi connectivity index (χ1v) is 12.4. The van der Waals surface area contributed by atoms with Crippen LogP contribution in [0.2, 0.25) is 0 Å². The highest BCUT2D eigenvalue weighted by Gasteiger charge is 2.35. The number of nitrogens with two attached hydrogens (primary N) is 1. The molecule has 0 saturated heterocycles. The molecule has 194 valence electrons. The van der Waals surface area contributed by atoms with E-state index in [4.69, 9.17) is 10.5 Å². The summed E-state index contributed by atoms with van der Waals surface area (Å²) in [4.78, 5) is 38.2. The molecule has 1 aliphatic heterocycles. The number of ether oxygens (including phenoxy) is 1. The van der Waals surface area contributed by atoms with Gasteiger partial charge in [-0.1, -0.05) is 51.2 Å². The normalized spacial score (nSPS) is 16.7. The largest absolute Gasteiger partial charge is 0.507 e. The van der Waals surface area contributed by atoms with Gasteiger partial charge < -0.3 is 30.7 Å². The number of aliphatic hydroxyl groups is 1. The molecule has 0 unspecified atom stereocenters. The summed E-state index contributed by atoms with van der Waals surface area (Å²) in [5.41, 5.74) is 4.81. The summed E-state index contributed by atoms with van der Waals surface area (Å²) in [6, 6.07) is 3.15. The zero-order chi connectivity index (χ0) is 25.8. The molecule has 0 radical (unpaired) electrons. The van der Waals surface area contributed by atoms with Crippen LogP contribution in [0, 0.1) is 0 Å². The van der Waals surface area contributed by atoms with Crippen LogP contribution < -0.4 is 5.73 Å². The van der Waals surface area contributed by atoms with Gasteiger partial charge in [-0.05, 0) is 50.7 Å². The highest BCUT2D eigenvalue weighted by Crippen LogP contribution is 2.30. The van der Waals surface area contributed by atoms with Gasteiger partial charge in [0.05, 0.1) is 0 Å². The number of hydrogen-bond donors (Lipinski definition) is 4. The molecular formula is C26H38N2O7. The number of benzene rings is 1. The van der Waals surface area contributed by atoms with Gasteiger partial charge in [-0.25, -0.2) is 4.79 Å². The van der Waals surface area contributed by atoms with Crippen molar-refractivity contribution in [3.63, 3.8) is 0 Å². The van der Waals surface area contributed by atoms with E-state index in [2.05, 4.69) is 6.92 Å². The monoisotopic (exact) mass is 490 g/mol. The number of carbonyl (C=O) groups excluding carboxylic acids is 3. The number of amides is 2. The average Bonchev–Trinajstić information content (AvgIpc) is 3.31.